The van der Waals surface area contributed by atoms with Crippen LogP contribution in [0.5, 0.6) is 5.75 Å². The molecule has 0 radical (unpaired) electrons. The Bertz CT molecular complexity index is 790. The van der Waals surface area contributed by atoms with Crippen molar-refractivity contribution in [3.8, 4) is 5.75 Å². The van der Waals surface area contributed by atoms with Crippen LogP contribution in [0.1, 0.15) is 22.3 Å². The molecule has 1 aliphatic heterocycles. The van der Waals surface area contributed by atoms with Crippen molar-refractivity contribution in [2.75, 3.05) is 52.5 Å². The minimum atomic E-state index is -0.542. The van der Waals surface area contributed by atoms with Gasteiger partial charge in [-0.1, -0.05) is 42.0 Å². The van der Waals surface area contributed by atoms with Crippen LogP contribution in [0.2, 0.25) is 0 Å². The molecule has 1 aliphatic rings. The van der Waals surface area contributed by atoms with Crippen molar-refractivity contribution >= 4 is 0 Å². The molecule has 164 valence electrons. The van der Waals surface area contributed by atoms with E-state index in [1.807, 2.05) is 31.2 Å². The number of aliphatic hydroxyl groups is 1. The number of aryl methyl sites for hydroxylation is 3. The summed E-state index contributed by atoms with van der Waals surface area (Å²) in [6, 6.07) is 14.5. The van der Waals surface area contributed by atoms with Gasteiger partial charge in [0, 0.05) is 39.3 Å². The Labute approximate surface area is 181 Å². The standard InChI is InChI=1S/C25H36N2O3/c1-20-8-9-21(2)23(16-20)17-27(11-10-26-12-14-29-15-13-26)18-24(28)19-30-25-7-5-4-6-22(25)3/h4-9,16,24,28H,10-15,17-19H2,1-3H3/t24-/m1/s1. The van der Waals surface area contributed by atoms with Gasteiger partial charge in [0.15, 0.2) is 0 Å². The second kappa shape index (κ2) is 11.5. The van der Waals surface area contributed by atoms with E-state index in [2.05, 4.69) is 41.8 Å². The molecular formula is C25H36N2O3. The van der Waals surface area contributed by atoms with Crippen LogP contribution in [0, 0.1) is 20.8 Å². The van der Waals surface area contributed by atoms with Crippen LogP contribution in [0.25, 0.3) is 0 Å². The minimum Gasteiger partial charge on any atom is -0.491 e. The predicted molar refractivity (Wildman–Crippen MR) is 121 cm³/mol. The third kappa shape index (κ3) is 7.10. The minimum absolute atomic E-state index is 0.297. The zero-order valence-corrected chi connectivity index (χ0v) is 18.6. The van der Waals surface area contributed by atoms with Gasteiger partial charge in [-0.3, -0.25) is 9.80 Å². The molecule has 3 rings (SSSR count). The average Bonchev–Trinajstić information content (AvgIpc) is 2.75. The highest BCUT2D eigenvalue weighted by atomic mass is 16.5. The van der Waals surface area contributed by atoms with Crippen molar-refractivity contribution in [2.45, 2.75) is 33.4 Å². The number of hydrogen-bond donors (Lipinski definition) is 1. The van der Waals surface area contributed by atoms with Crippen molar-refractivity contribution in [1.29, 1.82) is 0 Å². The first kappa shape index (κ1) is 22.8. The van der Waals surface area contributed by atoms with Crippen LogP contribution < -0.4 is 4.74 Å². The van der Waals surface area contributed by atoms with Crippen molar-refractivity contribution in [1.82, 2.24) is 9.80 Å². The lowest BCUT2D eigenvalue weighted by molar-refractivity contribution is 0.0255. The third-order valence-corrected chi connectivity index (χ3v) is 5.73. The van der Waals surface area contributed by atoms with E-state index in [0.29, 0.717) is 13.2 Å². The molecule has 1 heterocycles. The SMILES string of the molecule is Cc1ccc(C)c(CN(CCN2CCOCC2)C[C@@H](O)COc2ccccc2C)c1. The second-order valence-corrected chi connectivity index (χ2v) is 8.35. The van der Waals surface area contributed by atoms with E-state index < -0.39 is 6.10 Å². The molecule has 0 aliphatic carbocycles. The molecular weight excluding hydrogens is 376 g/mol. The topological polar surface area (TPSA) is 45.2 Å². The number of ether oxygens (including phenoxy) is 2. The normalized spacial score (nSPS) is 16.0. The average molecular weight is 413 g/mol. The van der Waals surface area contributed by atoms with E-state index >= 15 is 0 Å². The van der Waals surface area contributed by atoms with Gasteiger partial charge < -0.3 is 14.6 Å². The van der Waals surface area contributed by atoms with Crippen molar-refractivity contribution in [2.24, 2.45) is 0 Å². The van der Waals surface area contributed by atoms with Crippen molar-refractivity contribution < 1.29 is 14.6 Å². The maximum Gasteiger partial charge on any atom is 0.122 e. The Kier molecular flexibility index (Phi) is 8.70. The first-order valence-corrected chi connectivity index (χ1v) is 11.0. The van der Waals surface area contributed by atoms with Crippen LogP contribution in [0.3, 0.4) is 0 Å². The van der Waals surface area contributed by atoms with Gasteiger partial charge >= 0.3 is 0 Å². The monoisotopic (exact) mass is 412 g/mol. The molecule has 1 fully saturated rings. The van der Waals surface area contributed by atoms with E-state index in [0.717, 1.165) is 57.3 Å². The first-order valence-electron chi connectivity index (χ1n) is 11.0. The van der Waals surface area contributed by atoms with Gasteiger partial charge in [-0.15, -0.1) is 0 Å². The maximum absolute atomic E-state index is 10.7. The Balaban J connectivity index is 1.60. The molecule has 0 unspecified atom stereocenters. The molecule has 0 aromatic heterocycles. The molecule has 0 amide bonds. The van der Waals surface area contributed by atoms with Crippen LogP contribution in [-0.2, 0) is 11.3 Å². The number of para-hydroxylation sites is 1. The van der Waals surface area contributed by atoms with Crippen LogP contribution in [-0.4, -0.2) is 73.6 Å². The number of hydrogen-bond acceptors (Lipinski definition) is 5. The van der Waals surface area contributed by atoms with Crippen molar-refractivity contribution in [3.05, 3.63) is 64.7 Å². The zero-order chi connectivity index (χ0) is 21.3. The third-order valence-electron chi connectivity index (χ3n) is 5.73. The van der Waals surface area contributed by atoms with Gasteiger partial charge in [-0.2, -0.15) is 0 Å². The summed E-state index contributed by atoms with van der Waals surface area (Å²) in [5, 5.41) is 10.7. The molecule has 1 saturated heterocycles. The molecule has 2 aromatic carbocycles. The molecule has 1 atom stereocenters. The largest absolute Gasteiger partial charge is 0.491 e. The Morgan fingerprint density at radius 1 is 1.07 bits per heavy atom. The Morgan fingerprint density at radius 3 is 2.60 bits per heavy atom. The predicted octanol–water partition coefficient (Wildman–Crippen LogP) is 3.19. The highest BCUT2D eigenvalue weighted by molar-refractivity contribution is 5.32. The molecule has 0 spiro atoms. The van der Waals surface area contributed by atoms with Gasteiger partial charge in [0.05, 0.1) is 13.2 Å². The van der Waals surface area contributed by atoms with E-state index in [-0.39, 0.29) is 0 Å². The smallest absolute Gasteiger partial charge is 0.122 e. The van der Waals surface area contributed by atoms with Gasteiger partial charge in [-0.25, -0.2) is 0 Å². The van der Waals surface area contributed by atoms with E-state index in [1.165, 1.54) is 16.7 Å². The quantitative estimate of drug-likeness (QED) is 0.649. The number of aliphatic hydroxyl groups excluding tert-OH is 1. The summed E-state index contributed by atoms with van der Waals surface area (Å²) in [5.41, 5.74) is 4.98. The van der Waals surface area contributed by atoms with E-state index in [4.69, 9.17) is 9.47 Å². The molecule has 1 N–H and O–H groups in total. The lowest BCUT2D eigenvalue weighted by atomic mass is 10.0. The molecule has 2 aromatic rings. The second-order valence-electron chi connectivity index (χ2n) is 8.35. The summed E-state index contributed by atoms with van der Waals surface area (Å²) in [4.78, 5) is 4.79. The van der Waals surface area contributed by atoms with E-state index in [1.54, 1.807) is 0 Å². The number of rotatable bonds is 10. The lowest BCUT2D eigenvalue weighted by Crippen LogP contribution is -2.43. The van der Waals surface area contributed by atoms with Gasteiger partial charge in [0.1, 0.15) is 18.5 Å². The van der Waals surface area contributed by atoms with Gasteiger partial charge in [0.25, 0.3) is 0 Å². The van der Waals surface area contributed by atoms with E-state index in [9.17, 15) is 5.11 Å². The summed E-state index contributed by atoms with van der Waals surface area (Å²) in [6.45, 7) is 13.5. The molecule has 5 heteroatoms. The van der Waals surface area contributed by atoms with Crippen LogP contribution in [0.15, 0.2) is 42.5 Å². The van der Waals surface area contributed by atoms with Gasteiger partial charge in [-0.05, 0) is 43.5 Å². The summed E-state index contributed by atoms with van der Waals surface area (Å²) in [6.07, 6.45) is -0.542. The zero-order valence-electron chi connectivity index (χ0n) is 18.6. The Hall–Kier alpha value is -1.92. The summed E-state index contributed by atoms with van der Waals surface area (Å²) in [7, 11) is 0. The number of benzene rings is 2. The fourth-order valence-corrected chi connectivity index (χ4v) is 3.81. The molecule has 5 nitrogen and oxygen atoms in total. The molecule has 30 heavy (non-hydrogen) atoms. The highest BCUT2D eigenvalue weighted by Crippen LogP contribution is 2.17. The number of nitrogens with zero attached hydrogens (tertiary/aromatic N) is 2. The van der Waals surface area contributed by atoms with Crippen LogP contribution >= 0.6 is 0 Å². The van der Waals surface area contributed by atoms with Crippen LogP contribution in [0.4, 0.5) is 0 Å². The van der Waals surface area contributed by atoms with Crippen molar-refractivity contribution in [3.63, 3.8) is 0 Å². The fourth-order valence-electron chi connectivity index (χ4n) is 3.81. The van der Waals surface area contributed by atoms with Gasteiger partial charge in [0.2, 0.25) is 0 Å². The molecule has 0 bridgehead atoms. The lowest BCUT2D eigenvalue weighted by Gasteiger charge is -2.31. The fraction of sp³-hybridized carbons (Fsp3) is 0.520. The Morgan fingerprint density at radius 2 is 1.83 bits per heavy atom. The first-order chi connectivity index (χ1) is 14.5. The maximum atomic E-state index is 10.7. The molecule has 0 saturated carbocycles. The highest BCUT2D eigenvalue weighted by Gasteiger charge is 2.17. The summed E-state index contributed by atoms with van der Waals surface area (Å²) >= 11 is 0. The summed E-state index contributed by atoms with van der Waals surface area (Å²) in [5.74, 6) is 0.839. The number of morpholine rings is 1. The summed E-state index contributed by atoms with van der Waals surface area (Å²) < 4.78 is 11.4.